The quantitative estimate of drug-likeness (QED) is 0.579. The number of hydrogen-bond donors (Lipinski definition) is 3. The normalized spacial score (nSPS) is 10.2. The van der Waals surface area contributed by atoms with Crippen LogP contribution in [0.2, 0.25) is 0 Å². The van der Waals surface area contributed by atoms with Crippen molar-refractivity contribution in [1.29, 1.82) is 5.26 Å². The Labute approximate surface area is 142 Å². The van der Waals surface area contributed by atoms with Gasteiger partial charge < -0.3 is 16.0 Å². The SMILES string of the molecule is CNC(=S)NCCCNc1nc2cc(C)c(C)cc2cc1C#N. The fourth-order valence-corrected chi connectivity index (χ4v) is 2.35. The number of aryl methyl sites for hydroxylation is 2. The third-order valence-corrected chi connectivity index (χ3v) is 4.06. The van der Waals surface area contributed by atoms with Crippen LogP contribution in [0.3, 0.4) is 0 Å². The molecule has 0 saturated heterocycles. The van der Waals surface area contributed by atoms with Gasteiger partial charge in [-0.25, -0.2) is 4.98 Å². The molecule has 1 aromatic carbocycles. The van der Waals surface area contributed by atoms with Gasteiger partial charge in [0.15, 0.2) is 5.11 Å². The zero-order chi connectivity index (χ0) is 16.8. The van der Waals surface area contributed by atoms with E-state index in [1.54, 1.807) is 7.05 Å². The fraction of sp³-hybridized carbons (Fsp3) is 0.353. The van der Waals surface area contributed by atoms with Crippen LogP contribution in [0.5, 0.6) is 0 Å². The summed E-state index contributed by atoms with van der Waals surface area (Å²) in [7, 11) is 1.79. The first-order chi connectivity index (χ1) is 11.0. The molecule has 0 fully saturated rings. The Morgan fingerprint density at radius 3 is 2.65 bits per heavy atom. The molecule has 6 heteroatoms. The number of fused-ring (bicyclic) bond motifs is 1. The van der Waals surface area contributed by atoms with E-state index >= 15 is 0 Å². The molecule has 2 aromatic rings. The van der Waals surface area contributed by atoms with E-state index in [-0.39, 0.29) is 0 Å². The van der Waals surface area contributed by atoms with Crippen LogP contribution in [0.1, 0.15) is 23.1 Å². The number of rotatable bonds is 5. The minimum absolute atomic E-state index is 0.569. The van der Waals surface area contributed by atoms with Crippen molar-refractivity contribution in [3.05, 3.63) is 34.9 Å². The van der Waals surface area contributed by atoms with Crippen molar-refractivity contribution < 1.29 is 0 Å². The summed E-state index contributed by atoms with van der Waals surface area (Å²) in [5, 5.41) is 20.2. The minimum atomic E-state index is 0.569. The Hall–Kier alpha value is -2.39. The summed E-state index contributed by atoms with van der Waals surface area (Å²) < 4.78 is 0. The van der Waals surface area contributed by atoms with Gasteiger partial charge in [-0.2, -0.15) is 5.26 Å². The summed E-state index contributed by atoms with van der Waals surface area (Å²) in [6.45, 7) is 5.62. The average molecular weight is 327 g/mol. The van der Waals surface area contributed by atoms with Gasteiger partial charge in [0.1, 0.15) is 11.9 Å². The highest BCUT2D eigenvalue weighted by Crippen LogP contribution is 2.23. The van der Waals surface area contributed by atoms with Gasteiger partial charge in [-0.1, -0.05) is 0 Å². The van der Waals surface area contributed by atoms with Crippen LogP contribution in [0.15, 0.2) is 18.2 Å². The number of nitriles is 1. The lowest BCUT2D eigenvalue weighted by Crippen LogP contribution is -2.33. The molecule has 0 aliphatic rings. The van der Waals surface area contributed by atoms with Crippen LogP contribution >= 0.6 is 12.2 Å². The maximum atomic E-state index is 9.34. The Balaban J connectivity index is 2.09. The number of aromatic nitrogens is 1. The Bertz CT molecular complexity index is 764. The van der Waals surface area contributed by atoms with E-state index in [1.807, 2.05) is 6.07 Å². The standard InChI is InChI=1S/C17H21N5S/c1-11-7-13-9-14(10-18)16(22-15(13)8-12(11)2)20-5-4-6-21-17(23)19-3/h7-9H,4-6H2,1-3H3,(H,20,22)(H2,19,21,23). The highest BCUT2D eigenvalue weighted by Gasteiger charge is 2.07. The lowest BCUT2D eigenvalue weighted by molar-refractivity contribution is 0.794. The average Bonchev–Trinajstić information content (AvgIpc) is 2.55. The molecule has 1 heterocycles. The lowest BCUT2D eigenvalue weighted by Gasteiger charge is -2.11. The van der Waals surface area contributed by atoms with Crippen LogP contribution in [-0.4, -0.2) is 30.2 Å². The minimum Gasteiger partial charge on any atom is -0.369 e. The van der Waals surface area contributed by atoms with Gasteiger partial charge in [0.2, 0.25) is 0 Å². The largest absolute Gasteiger partial charge is 0.369 e. The van der Waals surface area contributed by atoms with E-state index in [0.29, 0.717) is 16.5 Å². The van der Waals surface area contributed by atoms with E-state index in [1.165, 1.54) is 11.1 Å². The van der Waals surface area contributed by atoms with Gasteiger partial charge in [-0.15, -0.1) is 0 Å². The molecular formula is C17H21N5S. The number of thiocarbonyl (C=S) groups is 1. The highest BCUT2D eigenvalue weighted by atomic mass is 32.1. The molecule has 0 saturated carbocycles. The van der Waals surface area contributed by atoms with Gasteiger partial charge in [0, 0.05) is 25.5 Å². The van der Waals surface area contributed by atoms with Gasteiger partial charge in [-0.05, 0) is 61.8 Å². The molecule has 0 aliphatic heterocycles. The third kappa shape index (κ3) is 4.30. The van der Waals surface area contributed by atoms with Crippen molar-refractivity contribution >= 4 is 34.1 Å². The van der Waals surface area contributed by atoms with Crippen LogP contribution in [0, 0.1) is 25.2 Å². The van der Waals surface area contributed by atoms with E-state index in [0.717, 1.165) is 30.4 Å². The van der Waals surface area contributed by atoms with Crippen molar-refractivity contribution in [2.45, 2.75) is 20.3 Å². The number of pyridine rings is 1. The van der Waals surface area contributed by atoms with Crippen molar-refractivity contribution in [2.24, 2.45) is 0 Å². The molecule has 5 nitrogen and oxygen atoms in total. The topological polar surface area (TPSA) is 72.8 Å². The highest BCUT2D eigenvalue weighted by molar-refractivity contribution is 7.80. The van der Waals surface area contributed by atoms with Gasteiger partial charge in [0.25, 0.3) is 0 Å². The summed E-state index contributed by atoms with van der Waals surface area (Å²) in [6, 6.07) is 8.25. The van der Waals surface area contributed by atoms with Crippen LogP contribution in [0.4, 0.5) is 5.82 Å². The van der Waals surface area contributed by atoms with Crippen molar-refractivity contribution in [3.63, 3.8) is 0 Å². The van der Waals surface area contributed by atoms with E-state index in [2.05, 4.69) is 53.0 Å². The molecule has 0 radical (unpaired) electrons. The van der Waals surface area contributed by atoms with E-state index < -0.39 is 0 Å². The molecule has 0 amide bonds. The maximum absolute atomic E-state index is 9.34. The van der Waals surface area contributed by atoms with Crippen molar-refractivity contribution in [1.82, 2.24) is 15.6 Å². The smallest absolute Gasteiger partial charge is 0.166 e. The van der Waals surface area contributed by atoms with Crippen LogP contribution in [0.25, 0.3) is 10.9 Å². The number of nitrogens with zero attached hydrogens (tertiary/aromatic N) is 2. The van der Waals surface area contributed by atoms with Gasteiger partial charge in [-0.3, -0.25) is 0 Å². The molecule has 3 N–H and O–H groups in total. The number of anilines is 1. The van der Waals surface area contributed by atoms with Crippen molar-refractivity contribution in [2.75, 3.05) is 25.5 Å². The molecule has 0 bridgehead atoms. The fourth-order valence-electron chi connectivity index (χ4n) is 2.25. The first kappa shape index (κ1) is 17.0. The van der Waals surface area contributed by atoms with Gasteiger partial charge in [0.05, 0.1) is 11.1 Å². The maximum Gasteiger partial charge on any atom is 0.166 e. The van der Waals surface area contributed by atoms with Crippen LogP contribution in [-0.2, 0) is 0 Å². The summed E-state index contributed by atoms with van der Waals surface area (Å²) in [5.41, 5.74) is 3.88. The molecule has 0 aliphatic carbocycles. The van der Waals surface area contributed by atoms with E-state index in [9.17, 15) is 5.26 Å². The number of benzene rings is 1. The molecule has 1 aromatic heterocycles. The summed E-state index contributed by atoms with van der Waals surface area (Å²) in [5.74, 6) is 0.638. The second-order valence-corrected chi connectivity index (χ2v) is 5.82. The molecule has 0 unspecified atom stereocenters. The monoisotopic (exact) mass is 327 g/mol. The summed E-state index contributed by atoms with van der Waals surface area (Å²) in [4.78, 5) is 4.60. The molecule has 120 valence electrons. The first-order valence-electron chi connectivity index (χ1n) is 7.56. The van der Waals surface area contributed by atoms with Crippen LogP contribution < -0.4 is 16.0 Å². The molecule has 2 rings (SSSR count). The lowest BCUT2D eigenvalue weighted by atomic mass is 10.0. The third-order valence-electron chi connectivity index (χ3n) is 3.71. The first-order valence-corrected chi connectivity index (χ1v) is 7.97. The second kappa shape index (κ2) is 7.75. The molecule has 0 atom stereocenters. The Kier molecular flexibility index (Phi) is 5.72. The van der Waals surface area contributed by atoms with E-state index in [4.69, 9.17) is 12.2 Å². The van der Waals surface area contributed by atoms with Gasteiger partial charge >= 0.3 is 0 Å². The van der Waals surface area contributed by atoms with Crippen molar-refractivity contribution in [3.8, 4) is 6.07 Å². The Morgan fingerprint density at radius 1 is 1.22 bits per heavy atom. The zero-order valence-electron chi connectivity index (χ0n) is 13.7. The Morgan fingerprint density at radius 2 is 1.96 bits per heavy atom. The summed E-state index contributed by atoms with van der Waals surface area (Å²) in [6.07, 6.45) is 0.874. The molecular weight excluding hydrogens is 306 g/mol. The summed E-state index contributed by atoms with van der Waals surface area (Å²) >= 11 is 5.02. The second-order valence-electron chi connectivity index (χ2n) is 5.41. The number of hydrogen-bond acceptors (Lipinski definition) is 4. The molecule has 23 heavy (non-hydrogen) atoms. The molecule has 0 spiro atoms. The predicted molar refractivity (Wildman–Crippen MR) is 98.7 cm³/mol. The number of nitrogens with one attached hydrogen (secondary N) is 3. The predicted octanol–water partition coefficient (Wildman–Crippen LogP) is 2.62. The zero-order valence-corrected chi connectivity index (χ0v) is 14.5.